The fourth-order valence-electron chi connectivity index (χ4n) is 1.52. The SMILES string of the molecule is CCNc1ncnc(Sc2nc(C)ns2)c1CC. The summed E-state index contributed by atoms with van der Waals surface area (Å²) in [6.07, 6.45) is 2.48. The predicted octanol–water partition coefficient (Wildman–Crippen LogP) is 2.78. The molecule has 5 nitrogen and oxygen atoms in total. The second-order valence-corrected chi connectivity index (χ2v) is 5.59. The van der Waals surface area contributed by atoms with E-state index in [4.69, 9.17) is 0 Å². The van der Waals surface area contributed by atoms with Gasteiger partial charge in [-0.1, -0.05) is 6.92 Å². The molecule has 0 saturated heterocycles. The van der Waals surface area contributed by atoms with E-state index in [-0.39, 0.29) is 0 Å². The summed E-state index contributed by atoms with van der Waals surface area (Å²) in [5.41, 5.74) is 1.14. The van der Waals surface area contributed by atoms with Crippen molar-refractivity contribution in [3.05, 3.63) is 17.7 Å². The largest absolute Gasteiger partial charge is 0.370 e. The Morgan fingerprint density at radius 2 is 2.17 bits per heavy atom. The van der Waals surface area contributed by atoms with Crippen LogP contribution in [-0.4, -0.2) is 25.9 Å². The summed E-state index contributed by atoms with van der Waals surface area (Å²) in [6, 6.07) is 0. The summed E-state index contributed by atoms with van der Waals surface area (Å²) >= 11 is 2.96. The molecule has 0 aromatic carbocycles. The van der Waals surface area contributed by atoms with E-state index in [1.807, 2.05) is 6.92 Å². The molecule has 0 spiro atoms. The predicted molar refractivity (Wildman–Crippen MR) is 74.3 cm³/mol. The molecule has 0 aliphatic rings. The van der Waals surface area contributed by atoms with Gasteiger partial charge >= 0.3 is 0 Å². The Balaban J connectivity index is 2.29. The number of aryl methyl sites for hydroxylation is 1. The highest BCUT2D eigenvalue weighted by Crippen LogP contribution is 2.32. The van der Waals surface area contributed by atoms with Crippen molar-refractivity contribution in [2.24, 2.45) is 0 Å². The Kier molecular flexibility index (Phi) is 4.48. The first-order chi connectivity index (χ1) is 8.74. The molecule has 1 N–H and O–H groups in total. The number of hydrogen-bond acceptors (Lipinski definition) is 7. The number of nitrogens with one attached hydrogen (secondary N) is 1. The van der Waals surface area contributed by atoms with Crippen LogP contribution in [0.3, 0.4) is 0 Å². The summed E-state index contributed by atoms with van der Waals surface area (Å²) < 4.78 is 5.10. The van der Waals surface area contributed by atoms with Gasteiger partial charge in [0.1, 0.15) is 23.0 Å². The number of hydrogen-bond donors (Lipinski definition) is 1. The molecule has 2 rings (SSSR count). The van der Waals surface area contributed by atoms with Gasteiger partial charge < -0.3 is 5.32 Å². The molecule has 2 heterocycles. The van der Waals surface area contributed by atoms with Crippen LogP contribution in [0, 0.1) is 6.92 Å². The van der Waals surface area contributed by atoms with E-state index in [1.165, 1.54) is 11.5 Å². The van der Waals surface area contributed by atoms with Crippen LogP contribution < -0.4 is 5.32 Å². The standard InChI is InChI=1S/C11H15N5S2/c1-4-8-9(12-5-2)13-6-14-10(8)17-11-15-7(3)16-18-11/h6H,4-5H2,1-3H3,(H,12,13,14). The van der Waals surface area contributed by atoms with Crippen LogP contribution in [0.5, 0.6) is 0 Å². The van der Waals surface area contributed by atoms with E-state index in [0.29, 0.717) is 0 Å². The van der Waals surface area contributed by atoms with Crippen molar-refractivity contribution < 1.29 is 0 Å². The van der Waals surface area contributed by atoms with Gasteiger partial charge in [0.25, 0.3) is 0 Å². The summed E-state index contributed by atoms with van der Waals surface area (Å²) in [6.45, 7) is 6.91. The van der Waals surface area contributed by atoms with Crippen LogP contribution in [0.4, 0.5) is 5.82 Å². The maximum Gasteiger partial charge on any atom is 0.176 e. The number of rotatable bonds is 5. The van der Waals surface area contributed by atoms with E-state index in [9.17, 15) is 0 Å². The molecule has 0 aliphatic carbocycles. The van der Waals surface area contributed by atoms with Crippen molar-refractivity contribution >= 4 is 29.1 Å². The molecule has 96 valence electrons. The van der Waals surface area contributed by atoms with Gasteiger partial charge in [-0.05, 0) is 43.6 Å². The Labute approximate surface area is 115 Å². The van der Waals surface area contributed by atoms with Crippen molar-refractivity contribution in [2.45, 2.75) is 36.6 Å². The molecule has 0 radical (unpaired) electrons. The monoisotopic (exact) mass is 281 g/mol. The van der Waals surface area contributed by atoms with Crippen LogP contribution in [0.1, 0.15) is 25.2 Å². The molecule has 0 amide bonds. The van der Waals surface area contributed by atoms with E-state index in [1.54, 1.807) is 18.1 Å². The van der Waals surface area contributed by atoms with Crippen LogP contribution >= 0.6 is 23.3 Å². The van der Waals surface area contributed by atoms with E-state index >= 15 is 0 Å². The third-order valence-electron chi connectivity index (χ3n) is 2.30. The Hall–Kier alpha value is -1.21. The molecular formula is C11H15N5S2. The van der Waals surface area contributed by atoms with E-state index < -0.39 is 0 Å². The average Bonchev–Trinajstić information content (AvgIpc) is 2.76. The second kappa shape index (κ2) is 6.10. The third kappa shape index (κ3) is 2.97. The molecule has 0 saturated carbocycles. The van der Waals surface area contributed by atoms with Gasteiger partial charge in [0.05, 0.1) is 0 Å². The van der Waals surface area contributed by atoms with Gasteiger partial charge in [0.15, 0.2) is 4.34 Å². The lowest BCUT2D eigenvalue weighted by atomic mass is 10.2. The highest BCUT2D eigenvalue weighted by molar-refractivity contribution is 8.00. The van der Waals surface area contributed by atoms with Crippen molar-refractivity contribution in [3.8, 4) is 0 Å². The molecule has 18 heavy (non-hydrogen) atoms. The fraction of sp³-hybridized carbons (Fsp3) is 0.455. The van der Waals surface area contributed by atoms with Gasteiger partial charge in [-0.2, -0.15) is 4.37 Å². The highest BCUT2D eigenvalue weighted by atomic mass is 32.2. The third-order valence-corrected chi connectivity index (χ3v) is 4.18. The average molecular weight is 281 g/mol. The molecule has 2 aromatic rings. The molecule has 0 atom stereocenters. The van der Waals surface area contributed by atoms with Crippen LogP contribution in [0.25, 0.3) is 0 Å². The molecule has 0 fully saturated rings. The molecule has 7 heteroatoms. The molecule has 0 unspecified atom stereocenters. The molecule has 0 bridgehead atoms. The van der Waals surface area contributed by atoms with E-state index in [2.05, 4.69) is 38.5 Å². The second-order valence-electron chi connectivity index (χ2n) is 3.60. The van der Waals surface area contributed by atoms with Crippen LogP contribution in [0.2, 0.25) is 0 Å². The van der Waals surface area contributed by atoms with Crippen LogP contribution in [-0.2, 0) is 6.42 Å². The van der Waals surface area contributed by atoms with Gasteiger partial charge in [-0.3, -0.25) is 0 Å². The van der Waals surface area contributed by atoms with Crippen molar-refractivity contribution in [3.63, 3.8) is 0 Å². The minimum Gasteiger partial charge on any atom is -0.370 e. The lowest BCUT2D eigenvalue weighted by Crippen LogP contribution is -2.05. The summed E-state index contributed by atoms with van der Waals surface area (Å²) in [5.74, 6) is 1.72. The van der Waals surface area contributed by atoms with Gasteiger partial charge in [-0.15, -0.1) is 0 Å². The first kappa shape index (κ1) is 13.2. The van der Waals surface area contributed by atoms with Gasteiger partial charge in [-0.25, -0.2) is 15.0 Å². The summed E-state index contributed by atoms with van der Waals surface area (Å²) in [7, 11) is 0. The zero-order valence-electron chi connectivity index (χ0n) is 10.6. The van der Waals surface area contributed by atoms with Gasteiger partial charge in [0, 0.05) is 12.1 Å². The smallest absolute Gasteiger partial charge is 0.176 e. The minimum absolute atomic E-state index is 0.807. The van der Waals surface area contributed by atoms with Crippen molar-refractivity contribution in [2.75, 3.05) is 11.9 Å². The molecule has 2 aromatic heterocycles. The zero-order chi connectivity index (χ0) is 13.0. The summed E-state index contributed by atoms with van der Waals surface area (Å²) in [5, 5.41) is 4.22. The van der Waals surface area contributed by atoms with E-state index in [0.717, 1.165) is 39.5 Å². The normalized spacial score (nSPS) is 10.6. The summed E-state index contributed by atoms with van der Waals surface area (Å²) in [4.78, 5) is 13.0. The van der Waals surface area contributed by atoms with Crippen molar-refractivity contribution in [1.82, 2.24) is 19.3 Å². The Bertz CT molecular complexity index is 526. The topological polar surface area (TPSA) is 63.6 Å². The number of anilines is 1. The fourth-order valence-corrected chi connectivity index (χ4v) is 3.25. The minimum atomic E-state index is 0.807. The maximum absolute atomic E-state index is 4.35. The zero-order valence-corrected chi connectivity index (χ0v) is 12.2. The first-order valence-electron chi connectivity index (χ1n) is 5.80. The molecule has 0 aliphatic heterocycles. The Morgan fingerprint density at radius 3 is 2.78 bits per heavy atom. The molecular weight excluding hydrogens is 266 g/mol. The maximum atomic E-state index is 4.35. The van der Waals surface area contributed by atoms with Crippen LogP contribution in [0.15, 0.2) is 15.7 Å². The number of aromatic nitrogens is 4. The highest BCUT2D eigenvalue weighted by Gasteiger charge is 2.12. The van der Waals surface area contributed by atoms with Crippen molar-refractivity contribution in [1.29, 1.82) is 0 Å². The quantitative estimate of drug-likeness (QED) is 0.850. The lowest BCUT2D eigenvalue weighted by molar-refractivity contribution is 0.936. The first-order valence-corrected chi connectivity index (χ1v) is 7.39. The lowest BCUT2D eigenvalue weighted by Gasteiger charge is -2.10. The van der Waals surface area contributed by atoms with Gasteiger partial charge in [0.2, 0.25) is 0 Å². The number of nitrogens with zero attached hydrogens (tertiary/aromatic N) is 4. The Morgan fingerprint density at radius 1 is 1.33 bits per heavy atom.